The van der Waals surface area contributed by atoms with E-state index in [4.69, 9.17) is 0 Å². The Balaban J connectivity index is 2.31. The van der Waals surface area contributed by atoms with Crippen molar-refractivity contribution in [1.82, 2.24) is 10.2 Å². The number of nitrogens with zero attached hydrogens (tertiary/aromatic N) is 2. The summed E-state index contributed by atoms with van der Waals surface area (Å²) in [5, 5.41) is 11.3. The lowest BCUT2D eigenvalue weighted by atomic mass is 10.2. The van der Waals surface area contributed by atoms with Crippen molar-refractivity contribution >= 4 is 54.0 Å². The Morgan fingerprint density at radius 3 is 2.69 bits per heavy atom. The van der Waals surface area contributed by atoms with Crippen LogP contribution in [-0.2, 0) is 0 Å². The minimum Gasteiger partial charge on any atom is -0.330 e. The van der Waals surface area contributed by atoms with Crippen molar-refractivity contribution in [1.29, 1.82) is 0 Å². The first-order chi connectivity index (χ1) is 7.56. The molecule has 1 N–H and O–H groups in total. The highest BCUT2D eigenvalue weighted by Gasteiger charge is 2.07. The lowest BCUT2D eigenvalue weighted by Gasteiger charge is -2.07. The highest BCUT2D eigenvalue weighted by molar-refractivity contribution is 9.11. The fraction of sp³-hybridized carbons (Fsp3) is 0.111. The van der Waals surface area contributed by atoms with Gasteiger partial charge in [-0.1, -0.05) is 11.3 Å². The second kappa shape index (κ2) is 4.77. The predicted octanol–water partition coefficient (Wildman–Crippen LogP) is 4.25. The molecule has 1 heterocycles. The van der Waals surface area contributed by atoms with Crippen LogP contribution in [0, 0.1) is 12.7 Å². The molecule has 2 rings (SSSR count). The molecule has 1 aromatic carbocycles. The lowest BCUT2D eigenvalue weighted by Crippen LogP contribution is -1.94. The zero-order chi connectivity index (χ0) is 11.7. The minimum atomic E-state index is -0.309. The quantitative estimate of drug-likeness (QED) is 0.863. The van der Waals surface area contributed by atoms with Crippen LogP contribution < -0.4 is 5.32 Å². The fourth-order valence-corrected chi connectivity index (χ4v) is 2.63. The van der Waals surface area contributed by atoms with Gasteiger partial charge in [-0.25, -0.2) is 4.39 Å². The van der Waals surface area contributed by atoms with Gasteiger partial charge in [0.15, 0.2) is 3.92 Å². The van der Waals surface area contributed by atoms with Crippen LogP contribution in [0.2, 0.25) is 0 Å². The Labute approximate surface area is 112 Å². The molecular formula is C9H6Br2FN3S. The second-order valence-corrected chi connectivity index (χ2v) is 6.17. The number of aromatic nitrogens is 2. The molecule has 0 atom stereocenters. The third kappa shape index (κ3) is 2.58. The fourth-order valence-electron chi connectivity index (χ4n) is 1.15. The van der Waals surface area contributed by atoms with E-state index in [1.54, 1.807) is 6.07 Å². The van der Waals surface area contributed by atoms with Crippen LogP contribution >= 0.6 is 43.2 Å². The molecular weight excluding hydrogens is 361 g/mol. The first-order valence-corrected chi connectivity index (χ1v) is 6.68. The first-order valence-electron chi connectivity index (χ1n) is 4.28. The van der Waals surface area contributed by atoms with Crippen LogP contribution in [0.1, 0.15) is 5.56 Å². The third-order valence-corrected chi connectivity index (χ3v) is 3.79. The van der Waals surface area contributed by atoms with Crippen molar-refractivity contribution in [2.45, 2.75) is 6.92 Å². The molecule has 0 aliphatic carbocycles. The molecule has 0 saturated heterocycles. The number of rotatable bonds is 2. The highest BCUT2D eigenvalue weighted by atomic mass is 79.9. The Morgan fingerprint density at radius 1 is 1.31 bits per heavy atom. The topological polar surface area (TPSA) is 37.8 Å². The van der Waals surface area contributed by atoms with Gasteiger partial charge in [-0.3, -0.25) is 0 Å². The molecule has 0 spiro atoms. The first kappa shape index (κ1) is 11.9. The number of nitrogens with one attached hydrogen (secondary N) is 1. The number of benzene rings is 1. The van der Waals surface area contributed by atoms with E-state index in [1.807, 2.05) is 6.92 Å². The van der Waals surface area contributed by atoms with Gasteiger partial charge in [0.1, 0.15) is 5.82 Å². The number of hydrogen-bond acceptors (Lipinski definition) is 4. The second-order valence-electron chi connectivity index (χ2n) is 3.07. The molecule has 0 radical (unpaired) electrons. The molecule has 0 aliphatic rings. The maximum Gasteiger partial charge on any atom is 0.210 e. The zero-order valence-corrected chi connectivity index (χ0v) is 12.1. The number of halogens is 3. The Bertz CT molecular complexity index is 529. The maximum absolute atomic E-state index is 13.3. The van der Waals surface area contributed by atoms with Crippen molar-refractivity contribution in [2.75, 3.05) is 5.32 Å². The largest absolute Gasteiger partial charge is 0.330 e. The Kier molecular flexibility index (Phi) is 3.56. The normalized spacial score (nSPS) is 10.5. The summed E-state index contributed by atoms with van der Waals surface area (Å²) in [6.45, 7) is 1.89. The number of hydrogen-bond donors (Lipinski definition) is 1. The zero-order valence-electron chi connectivity index (χ0n) is 8.09. The minimum absolute atomic E-state index is 0.309. The van der Waals surface area contributed by atoms with E-state index in [0.717, 1.165) is 5.56 Å². The molecule has 3 nitrogen and oxygen atoms in total. The molecule has 0 amide bonds. The number of anilines is 2. The van der Waals surface area contributed by atoms with Crippen molar-refractivity contribution in [3.63, 3.8) is 0 Å². The van der Waals surface area contributed by atoms with Crippen LogP contribution in [0.25, 0.3) is 0 Å². The molecule has 0 bridgehead atoms. The summed E-state index contributed by atoms with van der Waals surface area (Å²) in [7, 11) is 0. The van der Waals surface area contributed by atoms with E-state index in [2.05, 4.69) is 47.4 Å². The standard InChI is InChI=1S/C9H6Br2FN3S/c1-4-2-5(10)6(12)3-7(4)13-9-15-14-8(11)16-9/h2-3H,1H3,(H,13,15). The molecule has 16 heavy (non-hydrogen) atoms. The van der Waals surface area contributed by atoms with Crippen molar-refractivity contribution in [3.05, 3.63) is 31.9 Å². The SMILES string of the molecule is Cc1cc(Br)c(F)cc1Nc1nnc(Br)s1. The summed E-state index contributed by atoms with van der Waals surface area (Å²) in [5.74, 6) is -0.309. The van der Waals surface area contributed by atoms with Crippen molar-refractivity contribution in [3.8, 4) is 0 Å². The third-order valence-electron chi connectivity index (χ3n) is 1.91. The van der Waals surface area contributed by atoms with E-state index in [1.165, 1.54) is 17.4 Å². The van der Waals surface area contributed by atoms with Gasteiger partial charge in [-0.15, -0.1) is 10.2 Å². The van der Waals surface area contributed by atoms with E-state index in [-0.39, 0.29) is 5.82 Å². The Morgan fingerprint density at radius 2 is 2.06 bits per heavy atom. The van der Waals surface area contributed by atoms with Gasteiger partial charge in [0.2, 0.25) is 5.13 Å². The van der Waals surface area contributed by atoms with Gasteiger partial charge < -0.3 is 5.32 Å². The average molecular weight is 367 g/mol. The monoisotopic (exact) mass is 365 g/mol. The summed E-state index contributed by atoms with van der Waals surface area (Å²) < 4.78 is 14.5. The van der Waals surface area contributed by atoms with Gasteiger partial charge in [-0.2, -0.15) is 0 Å². The maximum atomic E-state index is 13.3. The van der Waals surface area contributed by atoms with Crippen LogP contribution in [0.3, 0.4) is 0 Å². The molecule has 2 aromatic rings. The molecule has 0 aliphatic heterocycles. The van der Waals surface area contributed by atoms with E-state index >= 15 is 0 Å². The summed E-state index contributed by atoms with van der Waals surface area (Å²) >= 11 is 7.70. The molecule has 84 valence electrons. The van der Waals surface area contributed by atoms with Gasteiger partial charge in [0.25, 0.3) is 0 Å². The van der Waals surface area contributed by atoms with Gasteiger partial charge in [0, 0.05) is 5.69 Å². The van der Waals surface area contributed by atoms with Crippen LogP contribution in [-0.4, -0.2) is 10.2 Å². The van der Waals surface area contributed by atoms with E-state index in [0.29, 0.717) is 19.2 Å². The highest BCUT2D eigenvalue weighted by Crippen LogP contribution is 2.28. The van der Waals surface area contributed by atoms with Gasteiger partial charge in [-0.05, 0) is 56.5 Å². The van der Waals surface area contributed by atoms with Crippen LogP contribution in [0.5, 0.6) is 0 Å². The Hall–Kier alpha value is -0.530. The van der Waals surface area contributed by atoms with E-state index in [9.17, 15) is 4.39 Å². The summed E-state index contributed by atoms with van der Waals surface area (Å²) in [6, 6.07) is 3.14. The molecule has 7 heteroatoms. The molecule has 0 fully saturated rings. The average Bonchev–Trinajstić information content (AvgIpc) is 2.60. The summed E-state index contributed by atoms with van der Waals surface area (Å²) in [5.41, 5.74) is 1.61. The number of aryl methyl sites for hydroxylation is 1. The van der Waals surface area contributed by atoms with Crippen LogP contribution in [0.4, 0.5) is 15.2 Å². The lowest BCUT2D eigenvalue weighted by molar-refractivity contribution is 0.621. The van der Waals surface area contributed by atoms with Crippen LogP contribution in [0.15, 0.2) is 20.5 Å². The van der Waals surface area contributed by atoms with E-state index < -0.39 is 0 Å². The molecule has 0 unspecified atom stereocenters. The summed E-state index contributed by atoms with van der Waals surface area (Å²) in [6.07, 6.45) is 0. The molecule has 1 aromatic heterocycles. The van der Waals surface area contributed by atoms with Crippen molar-refractivity contribution in [2.24, 2.45) is 0 Å². The smallest absolute Gasteiger partial charge is 0.210 e. The summed E-state index contributed by atoms with van der Waals surface area (Å²) in [4.78, 5) is 0. The molecule has 0 saturated carbocycles. The van der Waals surface area contributed by atoms with Gasteiger partial charge >= 0.3 is 0 Å². The predicted molar refractivity (Wildman–Crippen MR) is 69.7 cm³/mol. The van der Waals surface area contributed by atoms with Gasteiger partial charge in [0.05, 0.1) is 4.47 Å². The van der Waals surface area contributed by atoms with Crippen molar-refractivity contribution < 1.29 is 4.39 Å².